The van der Waals surface area contributed by atoms with Gasteiger partial charge in [-0.3, -0.25) is 9.88 Å². The van der Waals surface area contributed by atoms with Crippen LogP contribution in [0.2, 0.25) is 0 Å². The summed E-state index contributed by atoms with van der Waals surface area (Å²) >= 11 is 0. The number of aromatic nitrogens is 6. The Kier molecular flexibility index (Phi) is 6.90. The van der Waals surface area contributed by atoms with E-state index in [1.807, 2.05) is 24.3 Å². The van der Waals surface area contributed by atoms with Gasteiger partial charge in [-0.05, 0) is 73.6 Å². The van der Waals surface area contributed by atoms with Gasteiger partial charge in [-0.25, -0.2) is 19.9 Å². The van der Waals surface area contributed by atoms with Crippen LogP contribution in [0, 0.1) is 6.92 Å². The number of fused-ring (bicyclic) bond motifs is 1. The Bertz CT molecular complexity index is 1820. The van der Waals surface area contributed by atoms with Crippen LogP contribution in [0.25, 0.3) is 45.0 Å². The third-order valence-corrected chi connectivity index (χ3v) is 7.67. The molecule has 0 bridgehead atoms. The van der Waals surface area contributed by atoms with E-state index in [1.165, 1.54) is 12.0 Å². The highest BCUT2D eigenvalue weighted by Crippen LogP contribution is 2.31. The number of likely N-dealkylation sites (N-methyl/N-ethyl adjacent to an activating group) is 1. The number of imidazole rings is 1. The van der Waals surface area contributed by atoms with Crippen molar-refractivity contribution in [3.05, 3.63) is 90.8 Å². The predicted molar refractivity (Wildman–Crippen MR) is 163 cm³/mol. The first-order chi connectivity index (χ1) is 20.6. The molecule has 2 N–H and O–H groups in total. The Morgan fingerprint density at radius 2 is 1.79 bits per heavy atom. The molecule has 10 heteroatoms. The molecule has 10 nitrogen and oxygen atoms in total. The number of rotatable bonds is 7. The molecule has 6 aromatic rings. The van der Waals surface area contributed by atoms with Gasteiger partial charge >= 0.3 is 0 Å². The number of oxazole rings is 1. The molecule has 0 aliphatic carbocycles. The summed E-state index contributed by atoms with van der Waals surface area (Å²) in [7, 11) is 2.18. The standard InChI is InChI=1S/C32H31N9O/c1-21-12-28-29(16-27(21)39-32-35-7-5-26(38-32)23-4-3-6-33-17-23)37-31(36-28)25-14-22(19-41-10-8-40(2)9-11-41)13-24(15-25)30-18-34-20-42-30/h3-7,12-18,20H,8-11,19H2,1-2H3,(H,36,37)(H,35,38,39). The number of pyridine rings is 1. The van der Waals surface area contributed by atoms with Crippen molar-refractivity contribution < 1.29 is 4.42 Å². The van der Waals surface area contributed by atoms with Gasteiger partial charge in [0.25, 0.3) is 0 Å². The van der Waals surface area contributed by atoms with E-state index in [0.29, 0.717) is 5.95 Å². The molecule has 210 valence electrons. The maximum absolute atomic E-state index is 5.67. The summed E-state index contributed by atoms with van der Waals surface area (Å²) in [4.78, 5) is 30.9. The maximum atomic E-state index is 5.67. The molecule has 0 radical (unpaired) electrons. The van der Waals surface area contributed by atoms with Crippen molar-refractivity contribution >= 4 is 22.7 Å². The van der Waals surface area contributed by atoms with Crippen LogP contribution in [0.5, 0.6) is 0 Å². The van der Waals surface area contributed by atoms with Crippen LogP contribution in [-0.2, 0) is 6.54 Å². The molecule has 0 saturated carbocycles. The van der Waals surface area contributed by atoms with E-state index < -0.39 is 0 Å². The maximum Gasteiger partial charge on any atom is 0.227 e. The van der Waals surface area contributed by atoms with E-state index >= 15 is 0 Å². The number of piperazine rings is 1. The van der Waals surface area contributed by atoms with Gasteiger partial charge in [0, 0.05) is 73.7 Å². The summed E-state index contributed by atoms with van der Waals surface area (Å²) in [5.41, 5.74) is 8.72. The molecule has 1 fully saturated rings. The Hall–Kier alpha value is -4.93. The van der Waals surface area contributed by atoms with Gasteiger partial charge in [0.05, 0.1) is 22.9 Å². The topological polar surface area (TPSA) is 112 Å². The first-order valence-corrected chi connectivity index (χ1v) is 14.0. The van der Waals surface area contributed by atoms with Crippen molar-refractivity contribution in [2.75, 3.05) is 38.5 Å². The minimum Gasteiger partial charge on any atom is -0.444 e. The smallest absolute Gasteiger partial charge is 0.227 e. The molecule has 4 aromatic heterocycles. The fourth-order valence-corrected chi connectivity index (χ4v) is 5.34. The number of hydrogen-bond donors (Lipinski definition) is 2. The Labute approximate surface area is 243 Å². The zero-order valence-corrected chi connectivity index (χ0v) is 23.6. The van der Waals surface area contributed by atoms with E-state index in [1.54, 1.807) is 24.8 Å². The summed E-state index contributed by atoms with van der Waals surface area (Å²) in [6, 6.07) is 16.4. The molecule has 1 aliphatic rings. The van der Waals surface area contributed by atoms with Gasteiger partial charge < -0.3 is 19.6 Å². The average Bonchev–Trinajstić information content (AvgIpc) is 3.70. The lowest BCUT2D eigenvalue weighted by atomic mass is 10.0. The Morgan fingerprint density at radius 3 is 2.60 bits per heavy atom. The van der Waals surface area contributed by atoms with Gasteiger partial charge in [0.2, 0.25) is 5.95 Å². The molecule has 0 unspecified atom stereocenters. The molecular formula is C32H31N9O. The van der Waals surface area contributed by atoms with Crippen molar-refractivity contribution in [1.29, 1.82) is 0 Å². The van der Waals surface area contributed by atoms with Crippen LogP contribution in [-0.4, -0.2) is 72.9 Å². The quantitative estimate of drug-likeness (QED) is 0.261. The first kappa shape index (κ1) is 26.0. The van der Waals surface area contributed by atoms with Crippen molar-refractivity contribution in [1.82, 2.24) is 39.7 Å². The summed E-state index contributed by atoms with van der Waals surface area (Å²) in [5.74, 6) is 2.06. The Balaban J connectivity index is 1.20. The molecule has 2 aromatic carbocycles. The highest BCUT2D eigenvalue weighted by molar-refractivity contribution is 5.85. The second kappa shape index (κ2) is 11.2. The van der Waals surface area contributed by atoms with E-state index in [4.69, 9.17) is 14.4 Å². The number of benzene rings is 2. The largest absolute Gasteiger partial charge is 0.444 e. The van der Waals surface area contributed by atoms with Crippen LogP contribution in [0.4, 0.5) is 11.6 Å². The monoisotopic (exact) mass is 557 g/mol. The van der Waals surface area contributed by atoms with E-state index in [0.717, 1.165) is 89.0 Å². The van der Waals surface area contributed by atoms with E-state index in [9.17, 15) is 0 Å². The molecule has 0 atom stereocenters. The van der Waals surface area contributed by atoms with Crippen LogP contribution >= 0.6 is 0 Å². The average molecular weight is 558 g/mol. The van der Waals surface area contributed by atoms with Crippen molar-refractivity contribution in [2.24, 2.45) is 0 Å². The second-order valence-electron chi connectivity index (χ2n) is 10.8. The second-order valence-corrected chi connectivity index (χ2v) is 10.8. The van der Waals surface area contributed by atoms with Crippen LogP contribution in [0.15, 0.2) is 84.1 Å². The summed E-state index contributed by atoms with van der Waals surface area (Å²) in [5, 5.41) is 3.38. The lowest BCUT2D eigenvalue weighted by molar-refractivity contribution is 0.148. The minimum atomic E-state index is 0.517. The molecule has 0 spiro atoms. The zero-order valence-electron chi connectivity index (χ0n) is 23.6. The molecule has 1 aliphatic heterocycles. The van der Waals surface area contributed by atoms with Crippen molar-refractivity contribution in [2.45, 2.75) is 13.5 Å². The highest BCUT2D eigenvalue weighted by atomic mass is 16.3. The van der Waals surface area contributed by atoms with Crippen molar-refractivity contribution in [3.8, 4) is 34.0 Å². The number of nitrogens with one attached hydrogen (secondary N) is 2. The van der Waals surface area contributed by atoms with Gasteiger partial charge in [0.15, 0.2) is 12.2 Å². The van der Waals surface area contributed by atoms with E-state index in [2.05, 4.69) is 73.3 Å². The summed E-state index contributed by atoms with van der Waals surface area (Å²) < 4.78 is 5.67. The van der Waals surface area contributed by atoms with Gasteiger partial charge in [-0.15, -0.1) is 0 Å². The lowest BCUT2D eigenvalue weighted by Gasteiger charge is -2.32. The minimum absolute atomic E-state index is 0.517. The number of aromatic amines is 1. The Morgan fingerprint density at radius 1 is 0.905 bits per heavy atom. The van der Waals surface area contributed by atoms with Crippen LogP contribution < -0.4 is 5.32 Å². The predicted octanol–water partition coefficient (Wildman–Crippen LogP) is 5.54. The number of anilines is 2. The molecule has 7 rings (SSSR count). The zero-order chi connectivity index (χ0) is 28.5. The summed E-state index contributed by atoms with van der Waals surface area (Å²) in [6.45, 7) is 7.18. The summed E-state index contributed by atoms with van der Waals surface area (Å²) in [6.07, 6.45) is 8.52. The number of nitrogens with zero attached hydrogens (tertiary/aromatic N) is 7. The number of aryl methyl sites for hydroxylation is 1. The lowest BCUT2D eigenvalue weighted by Crippen LogP contribution is -2.43. The normalized spacial score (nSPS) is 14.4. The highest BCUT2D eigenvalue weighted by Gasteiger charge is 2.17. The fraction of sp³-hybridized carbons (Fsp3) is 0.219. The molecule has 42 heavy (non-hydrogen) atoms. The number of H-pyrrole nitrogens is 1. The molecular weight excluding hydrogens is 526 g/mol. The molecule has 0 amide bonds. The van der Waals surface area contributed by atoms with Crippen LogP contribution in [0.3, 0.4) is 0 Å². The third kappa shape index (κ3) is 5.50. The van der Waals surface area contributed by atoms with E-state index in [-0.39, 0.29) is 0 Å². The van der Waals surface area contributed by atoms with Crippen LogP contribution in [0.1, 0.15) is 11.1 Å². The van der Waals surface area contributed by atoms with Crippen molar-refractivity contribution in [3.63, 3.8) is 0 Å². The van der Waals surface area contributed by atoms with Gasteiger partial charge in [0.1, 0.15) is 5.82 Å². The van der Waals surface area contributed by atoms with Gasteiger partial charge in [-0.1, -0.05) is 0 Å². The molecule has 1 saturated heterocycles. The van der Waals surface area contributed by atoms with Gasteiger partial charge in [-0.2, -0.15) is 0 Å². The first-order valence-electron chi connectivity index (χ1n) is 14.0. The number of hydrogen-bond acceptors (Lipinski definition) is 9. The molecule has 5 heterocycles. The SMILES string of the molecule is Cc1cc2[nH]c(-c3cc(CN4CCN(C)CC4)cc(-c4cnco4)c3)nc2cc1Nc1nccc(-c2cccnc2)n1. The third-order valence-electron chi connectivity index (χ3n) is 7.67. The fourth-order valence-electron chi connectivity index (χ4n) is 5.34.